The van der Waals surface area contributed by atoms with Gasteiger partial charge in [0.25, 0.3) is 0 Å². The Bertz CT molecular complexity index is 510. The van der Waals surface area contributed by atoms with Crippen LogP contribution in [0, 0.1) is 5.92 Å². The van der Waals surface area contributed by atoms with Gasteiger partial charge in [-0.25, -0.2) is 4.98 Å². The van der Waals surface area contributed by atoms with Crippen LogP contribution in [0.3, 0.4) is 0 Å². The Kier molecular flexibility index (Phi) is 4.57. The van der Waals surface area contributed by atoms with Gasteiger partial charge >= 0.3 is 0 Å². The summed E-state index contributed by atoms with van der Waals surface area (Å²) >= 11 is 0. The van der Waals surface area contributed by atoms with Gasteiger partial charge in [-0.1, -0.05) is 0 Å². The zero-order valence-corrected chi connectivity index (χ0v) is 13.3. The molecule has 0 radical (unpaired) electrons. The lowest BCUT2D eigenvalue weighted by Gasteiger charge is -2.41. The minimum atomic E-state index is 0.0449. The minimum Gasteiger partial charge on any atom is -0.375 e. The van der Waals surface area contributed by atoms with E-state index >= 15 is 0 Å². The van der Waals surface area contributed by atoms with E-state index in [0.717, 1.165) is 31.7 Å². The highest BCUT2D eigenvalue weighted by molar-refractivity contribution is 5.80. The average Bonchev–Trinajstić information content (AvgIpc) is 2.57. The summed E-state index contributed by atoms with van der Waals surface area (Å²) < 4.78 is 5.63. The molecule has 6 heteroatoms. The molecule has 3 rings (SSSR count). The fourth-order valence-corrected chi connectivity index (χ4v) is 3.29. The molecule has 2 saturated heterocycles. The van der Waals surface area contributed by atoms with E-state index < -0.39 is 0 Å². The Hall–Kier alpha value is -1.69. The lowest BCUT2D eigenvalue weighted by Crippen LogP contribution is -2.54. The lowest BCUT2D eigenvalue weighted by molar-refractivity contribution is -0.147. The molecule has 0 saturated carbocycles. The Balaban J connectivity index is 1.67. The van der Waals surface area contributed by atoms with E-state index in [9.17, 15) is 4.79 Å². The van der Waals surface area contributed by atoms with Crippen molar-refractivity contribution in [3.05, 3.63) is 18.6 Å². The quantitative estimate of drug-likeness (QED) is 0.825. The van der Waals surface area contributed by atoms with Crippen molar-refractivity contribution in [3.8, 4) is 0 Å². The molecule has 0 spiro atoms. The van der Waals surface area contributed by atoms with Crippen LogP contribution in [0.25, 0.3) is 0 Å². The second-order valence-electron chi connectivity index (χ2n) is 6.33. The van der Waals surface area contributed by atoms with E-state index in [-0.39, 0.29) is 24.0 Å². The zero-order chi connectivity index (χ0) is 15.5. The summed E-state index contributed by atoms with van der Waals surface area (Å²) in [7, 11) is 0. The summed E-state index contributed by atoms with van der Waals surface area (Å²) in [5.74, 6) is 1.17. The van der Waals surface area contributed by atoms with Crippen LogP contribution in [-0.4, -0.2) is 59.2 Å². The van der Waals surface area contributed by atoms with Crippen LogP contribution in [0.5, 0.6) is 0 Å². The minimum absolute atomic E-state index is 0.0449. The molecule has 0 aliphatic carbocycles. The van der Waals surface area contributed by atoms with Crippen molar-refractivity contribution in [1.29, 1.82) is 0 Å². The number of carbonyl (C=O) groups is 1. The number of anilines is 1. The molecule has 2 aliphatic heterocycles. The van der Waals surface area contributed by atoms with Crippen molar-refractivity contribution >= 4 is 11.7 Å². The molecule has 0 bridgehead atoms. The maximum Gasteiger partial charge on any atom is 0.227 e. The first kappa shape index (κ1) is 15.2. The molecule has 2 fully saturated rings. The zero-order valence-electron chi connectivity index (χ0n) is 13.3. The van der Waals surface area contributed by atoms with Crippen LogP contribution < -0.4 is 4.90 Å². The van der Waals surface area contributed by atoms with Gasteiger partial charge < -0.3 is 14.5 Å². The normalized spacial score (nSPS) is 29.5. The summed E-state index contributed by atoms with van der Waals surface area (Å²) in [6.45, 7) is 7.09. The SMILES string of the molecule is C[C@@H]1CN(C(=O)[C@@H]2CCCN(c3cnccn3)C2)[C@H](C)CO1. The molecule has 3 heterocycles. The number of nitrogens with zero attached hydrogens (tertiary/aromatic N) is 4. The number of morpholine rings is 1. The molecule has 1 aromatic heterocycles. The molecule has 22 heavy (non-hydrogen) atoms. The van der Waals surface area contributed by atoms with Gasteiger partial charge in [0, 0.05) is 32.0 Å². The number of rotatable bonds is 2. The second-order valence-corrected chi connectivity index (χ2v) is 6.33. The first-order chi connectivity index (χ1) is 10.6. The molecule has 0 unspecified atom stereocenters. The third-order valence-electron chi connectivity index (χ3n) is 4.54. The maximum atomic E-state index is 12.9. The van der Waals surface area contributed by atoms with Crippen LogP contribution >= 0.6 is 0 Å². The van der Waals surface area contributed by atoms with Crippen molar-refractivity contribution in [1.82, 2.24) is 14.9 Å². The van der Waals surface area contributed by atoms with Gasteiger partial charge in [0.05, 0.1) is 30.9 Å². The summed E-state index contributed by atoms with van der Waals surface area (Å²) in [5.41, 5.74) is 0. The molecule has 1 aromatic rings. The van der Waals surface area contributed by atoms with Crippen LogP contribution in [0.15, 0.2) is 18.6 Å². The molecule has 6 nitrogen and oxygen atoms in total. The van der Waals surface area contributed by atoms with Crippen molar-refractivity contribution in [2.75, 3.05) is 31.1 Å². The van der Waals surface area contributed by atoms with Gasteiger partial charge in [0.1, 0.15) is 5.82 Å². The largest absolute Gasteiger partial charge is 0.375 e. The van der Waals surface area contributed by atoms with Crippen molar-refractivity contribution < 1.29 is 9.53 Å². The molecule has 120 valence electrons. The average molecular weight is 304 g/mol. The van der Waals surface area contributed by atoms with Gasteiger partial charge in [-0.2, -0.15) is 0 Å². The Morgan fingerprint density at radius 2 is 2.18 bits per heavy atom. The third-order valence-corrected chi connectivity index (χ3v) is 4.54. The number of hydrogen-bond donors (Lipinski definition) is 0. The topological polar surface area (TPSA) is 58.6 Å². The highest BCUT2D eigenvalue weighted by atomic mass is 16.5. The van der Waals surface area contributed by atoms with Gasteiger partial charge in [0.2, 0.25) is 5.91 Å². The summed E-state index contributed by atoms with van der Waals surface area (Å²) in [5, 5.41) is 0. The van der Waals surface area contributed by atoms with Crippen molar-refractivity contribution in [3.63, 3.8) is 0 Å². The molecule has 0 N–H and O–H groups in total. The Labute approximate surface area is 131 Å². The van der Waals surface area contributed by atoms with Crippen LogP contribution in [0.4, 0.5) is 5.82 Å². The smallest absolute Gasteiger partial charge is 0.227 e. The summed E-state index contributed by atoms with van der Waals surface area (Å²) in [6, 6.07) is 0.163. The fourth-order valence-electron chi connectivity index (χ4n) is 3.29. The Morgan fingerprint density at radius 1 is 1.32 bits per heavy atom. The predicted octanol–water partition coefficient (Wildman–Crippen LogP) is 1.33. The Morgan fingerprint density at radius 3 is 2.95 bits per heavy atom. The van der Waals surface area contributed by atoms with Crippen molar-refractivity contribution in [2.45, 2.75) is 38.8 Å². The highest BCUT2D eigenvalue weighted by Crippen LogP contribution is 2.24. The second kappa shape index (κ2) is 6.60. The predicted molar refractivity (Wildman–Crippen MR) is 83.6 cm³/mol. The van der Waals surface area contributed by atoms with E-state index in [1.54, 1.807) is 18.6 Å². The molecule has 0 aromatic carbocycles. The molecule has 2 aliphatic rings. The maximum absolute atomic E-state index is 12.9. The molecule has 1 amide bonds. The van der Waals surface area contributed by atoms with Gasteiger partial charge in [0.15, 0.2) is 0 Å². The van der Waals surface area contributed by atoms with Crippen LogP contribution in [0.2, 0.25) is 0 Å². The molecular weight excluding hydrogens is 280 g/mol. The van der Waals surface area contributed by atoms with E-state index in [4.69, 9.17) is 4.74 Å². The first-order valence-electron chi connectivity index (χ1n) is 8.08. The monoisotopic (exact) mass is 304 g/mol. The van der Waals surface area contributed by atoms with E-state index in [0.29, 0.717) is 13.2 Å². The summed E-state index contributed by atoms with van der Waals surface area (Å²) in [6.07, 6.45) is 7.24. The molecule has 3 atom stereocenters. The number of carbonyl (C=O) groups excluding carboxylic acids is 1. The first-order valence-corrected chi connectivity index (χ1v) is 8.08. The van der Waals surface area contributed by atoms with Gasteiger partial charge in [-0.15, -0.1) is 0 Å². The number of hydrogen-bond acceptors (Lipinski definition) is 5. The standard InChI is InChI=1S/C16H24N4O2/c1-12-11-22-13(2)9-20(12)16(21)14-4-3-7-19(10-14)15-8-17-5-6-18-15/h5-6,8,12-14H,3-4,7,9-11H2,1-2H3/t12-,13-,14-/m1/s1. The fraction of sp³-hybridized carbons (Fsp3) is 0.688. The number of amides is 1. The third kappa shape index (κ3) is 3.21. The number of aromatic nitrogens is 2. The van der Waals surface area contributed by atoms with Crippen LogP contribution in [0.1, 0.15) is 26.7 Å². The van der Waals surface area contributed by atoms with E-state index in [1.807, 2.05) is 11.8 Å². The molecular formula is C16H24N4O2. The van der Waals surface area contributed by atoms with Crippen LogP contribution in [-0.2, 0) is 9.53 Å². The van der Waals surface area contributed by atoms with Gasteiger partial charge in [-0.05, 0) is 26.7 Å². The lowest BCUT2D eigenvalue weighted by atomic mass is 9.95. The highest BCUT2D eigenvalue weighted by Gasteiger charge is 2.34. The van der Waals surface area contributed by atoms with Gasteiger partial charge in [-0.3, -0.25) is 9.78 Å². The van der Waals surface area contributed by atoms with E-state index in [1.165, 1.54) is 0 Å². The number of ether oxygens (including phenoxy) is 1. The van der Waals surface area contributed by atoms with Crippen molar-refractivity contribution in [2.24, 2.45) is 5.92 Å². The van der Waals surface area contributed by atoms with E-state index in [2.05, 4.69) is 21.8 Å². The summed E-state index contributed by atoms with van der Waals surface area (Å²) in [4.78, 5) is 25.5. The number of piperidine rings is 1.